The second-order valence-corrected chi connectivity index (χ2v) is 5.18. The number of carbonyl (C=O) groups is 1. The Morgan fingerprint density at radius 3 is 2.72 bits per heavy atom. The summed E-state index contributed by atoms with van der Waals surface area (Å²) >= 11 is 0. The van der Waals surface area contributed by atoms with Gasteiger partial charge in [0.15, 0.2) is 0 Å². The molecule has 18 heavy (non-hydrogen) atoms. The summed E-state index contributed by atoms with van der Waals surface area (Å²) in [5, 5.41) is 2.77. The molecule has 100 valence electrons. The standard InChI is InChI=1S/C14H22N2O2/c1-10-6-5-7-12(8-10)18-11(2)9-16-13(17)14(3,4)15/h5-8,11H,9,15H2,1-4H3,(H,16,17). The molecule has 0 aliphatic carbocycles. The summed E-state index contributed by atoms with van der Waals surface area (Å²) in [5.41, 5.74) is 5.97. The zero-order chi connectivity index (χ0) is 13.8. The van der Waals surface area contributed by atoms with Crippen LogP contribution in [0.1, 0.15) is 26.3 Å². The van der Waals surface area contributed by atoms with Crippen molar-refractivity contribution in [2.24, 2.45) is 5.73 Å². The highest BCUT2D eigenvalue weighted by molar-refractivity contribution is 5.85. The van der Waals surface area contributed by atoms with E-state index < -0.39 is 5.54 Å². The van der Waals surface area contributed by atoms with Crippen LogP contribution in [-0.2, 0) is 4.79 Å². The first-order valence-corrected chi connectivity index (χ1v) is 6.09. The Labute approximate surface area is 109 Å². The molecule has 0 saturated heterocycles. The number of rotatable bonds is 5. The molecule has 0 aromatic heterocycles. The maximum Gasteiger partial charge on any atom is 0.239 e. The van der Waals surface area contributed by atoms with Gasteiger partial charge < -0.3 is 15.8 Å². The predicted octanol–water partition coefficient (Wildman–Crippen LogP) is 1.62. The number of ether oxygens (including phenoxy) is 1. The Bertz CT molecular complexity index is 411. The second-order valence-electron chi connectivity index (χ2n) is 5.18. The number of benzene rings is 1. The molecule has 0 heterocycles. The number of hydrogen-bond donors (Lipinski definition) is 2. The normalized spacial score (nSPS) is 12.9. The van der Waals surface area contributed by atoms with E-state index in [1.165, 1.54) is 0 Å². The molecular weight excluding hydrogens is 228 g/mol. The highest BCUT2D eigenvalue weighted by atomic mass is 16.5. The van der Waals surface area contributed by atoms with Gasteiger partial charge in [0.25, 0.3) is 0 Å². The van der Waals surface area contributed by atoms with E-state index in [1.54, 1.807) is 13.8 Å². The maximum absolute atomic E-state index is 11.6. The molecule has 0 saturated carbocycles. The number of aryl methyl sites for hydroxylation is 1. The average molecular weight is 250 g/mol. The molecule has 4 nitrogen and oxygen atoms in total. The highest BCUT2D eigenvalue weighted by Gasteiger charge is 2.21. The lowest BCUT2D eigenvalue weighted by Crippen LogP contribution is -2.50. The van der Waals surface area contributed by atoms with Crippen molar-refractivity contribution in [3.05, 3.63) is 29.8 Å². The molecule has 1 atom stereocenters. The monoisotopic (exact) mass is 250 g/mol. The minimum absolute atomic E-state index is 0.0990. The summed E-state index contributed by atoms with van der Waals surface area (Å²) < 4.78 is 5.70. The van der Waals surface area contributed by atoms with Crippen molar-refractivity contribution in [3.8, 4) is 5.75 Å². The molecule has 4 heteroatoms. The van der Waals surface area contributed by atoms with E-state index in [2.05, 4.69) is 5.32 Å². The van der Waals surface area contributed by atoms with Crippen LogP contribution in [-0.4, -0.2) is 24.1 Å². The summed E-state index contributed by atoms with van der Waals surface area (Å²) in [4.78, 5) is 11.6. The van der Waals surface area contributed by atoms with Crippen molar-refractivity contribution in [3.63, 3.8) is 0 Å². The first-order valence-electron chi connectivity index (χ1n) is 6.09. The minimum Gasteiger partial charge on any atom is -0.489 e. The van der Waals surface area contributed by atoms with Gasteiger partial charge in [0.1, 0.15) is 11.9 Å². The molecule has 1 amide bonds. The Balaban J connectivity index is 2.43. The van der Waals surface area contributed by atoms with E-state index in [0.717, 1.165) is 11.3 Å². The Morgan fingerprint density at radius 2 is 2.17 bits per heavy atom. The van der Waals surface area contributed by atoms with Crippen LogP contribution in [0.3, 0.4) is 0 Å². The minimum atomic E-state index is -0.858. The molecular formula is C14H22N2O2. The van der Waals surface area contributed by atoms with E-state index in [4.69, 9.17) is 10.5 Å². The third-order valence-corrected chi connectivity index (χ3v) is 2.46. The van der Waals surface area contributed by atoms with Crippen LogP contribution in [0.15, 0.2) is 24.3 Å². The lowest BCUT2D eigenvalue weighted by atomic mass is 10.1. The fraction of sp³-hybridized carbons (Fsp3) is 0.500. The molecule has 1 unspecified atom stereocenters. The summed E-state index contributed by atoms with van der Waals surface area (Å²) in [6.07, 6.45) is -0.0990. The molecule has 0 radical (unpaired) electrons. The van der Waals surface area contributed by atoms with Crippen molar-refractivity contribution in [1.29, 1.82) is 0 Å². The number of carbonyl (C=O) groups excluding carboxylic acids is 1. The van der Waals surface area contributed by atoms with Gasteiger partial charge in [0.2, 0.25) is 5.91 Å². The van der Waals surface area contributed by atoms with Gasteiger partial charge in [-0.15, -0.1) is 0 Å². The molecule has 1 rings (SSSR count). The van der Waals surface area contributed by atoms with Crippen molar-refractivity contribution in [1.82, 2.24) is 5.32 Å². The third kappa shape index (κ3) is 4.75. The molecule has 1 aromatic carbocycles. The van der Waals surface area contributed by atoms with E-state index in [1.807, 2.05) is 38.1 Å². The number of amides is 1. The molecule has 3 N–H and O–H groups in total. The van der Waals surface area contributed by atoms with Crippen LogP contribution in [0.5, 0.6) is 5.75 Å². The van der Waals surface area contributed by atoms with Crippen molar-refractivity contribution in [2.75, 3.05) is 6.54 Å². The molecule has 0 aliphatic rings. The zero-order valence-corrected chi connectivity index (χ0v) is 11.5. The molecule has 0 spiro atoms. The van der Waals surface area contributed by atoms with Crippen molar-refractivity contribution >= 4 is 5.91 Å². The average Bonchev–Trinajstić information content (AvgIpc) is 2.24. The van der Waals surface area contributed by atoms with Crippen LogP contribution in [0.4, 0.5) is 0 Å². The topological polar surface area (TPSA) is 64.3 Å². The number of nitrogens with two attached hydrogens (primary N) is 1. The molecule has 0 aliphatic heterocycles. The molecule has 0 fully saturated rings. The van der Waals surface area contributed by atoms with Gasteiger partial charge in [-0.2, -0.15) is 0 Å². The Hall–Kier alpha value is -1.55. The Kier molecular flexibility index (Phi) is 4.73. The van der Waals surface area contributed by atoms with E-state index >= 15 is 0 Å². The van der Waals surface area contributed by atoms with Gasteiger partial charge in [0, 0.05) is 0 Å². The largest absolute Gasteiger partial charge is 0.489 e. The van der Waals surface area contributed by atoms with Crippen LogP contribution in [0, 0.1) is 6.92 Å². The first kappa shape index (κ1) is 14.5. The summed E-state index contributed by atoms with van der Waals surface area (Å²) in [6.45, 7) is 7.71. The van der Waals surface area contributed by atoms with Crippen LogP contribution >= 0.6 is 0 Å². The summed E-state index contributed by atoms with van der Waals surface area (Å²) in [5.74, 6) is 0.631. The maximum atomic E-state index is 11.6. The van der Waals surface area contributed by atoms with Gasteiger partial charge in [-0.1, -0.05) is 12.1 Å². The van der Waals surface area contributed by atoms with Gasteiger partial charge in [0.05, 0.1) is 12.1 Å². The van der Waals surface area contributed by atoms with Crippen LogP contribution < -0.4 is 15.8 Å². The lowest BCUT2D eigenvalue weighted by Gasteiger charge is -2.20. The zero-order valence-electron chi connectivity index (χ0n) is 11.5. The Morgan fingerprint density at radius 1 is 1.50 bits per heavy atom. The van der Waals surface area contributed by atoms with Crippen LogP contribution in [0.2, 0.25) is 0 Å². The van der Waals surface area contributed by atoms with Gasteiger partial charge in [-0.3, -0.25) is 4.79 Å². The highest BCUT2D eigenvalue weighted by Crippen LogP contribution is 2.13. The fourth-order valence-electron chi connectivity index (χ4n) is 1.43. The quantitative estimate of drug-likeness (QED) is 0.834. The number of hydrogen-bond acceptors (Lipinski definition) is 3. The SMILES string of the molecule is Cc1cccc(OC(C)CNC(=O)C(C)(C)N)c1. The predicted molar refractivity (Wildman–Crippen MR) is 72.5 cm³/mol. The van der Waals surface area contributed by atoms with Gasteiger partial charge >= 0.3 is 0 Å². The summed E-state index contributed by atoms with van der Waals surface area (Å²) in [6, 6.07) is 7.82. The second kappa shape index (κ2) is 5.87. The fourth-order valence-corrected chi connectivity index (χ4v) is 1.43. The van der Waals surface area contributed by atoms with Gasteiger partial charge in [-0.25, -0.2) is 0 Å². The van der Waals surface area contributed by atoms with Crippen molar-refractivity contribution in [2.45, 2.75) is 39.3 Å². The van der Waals surface area contributed by atoms with Crippen LogP contribution in [0.25, 0.3) is 0 Å². The number of nitrogens with one attached hydrogen (secondary N) is 1. The van der Waals surface area contributed by atoms with E-state index in [0.29, 0.717) is 6.54 Å². The lowest BCUT2D eigenvalue weighted by molar-refractivity contribution is -0.125. The summed E-state index contributed by atoms with van der Waals surface area (Å²) in [7, 11) is 0. The van der Waals surface area contributed by atoms with Gasteiger partial charge in [-0.05, 0) is 45.4 Å². The molecule has 1 aromatic rings. The van der Waals surface area contributed by atoms with Crippen molar-refractivity contribution < 1.29 is 9.53 Å². The third-order valence-electron chi connectivity index (χ3n) is 2.46. The first-order chi connectivity index (χ1) is 8.29. The van der Waals surface area contributed by atoms with E-state index in [-0.39, 0.29) is 12.0 Å². The molecule has 0 bridgehead atoms. The van der Waals surface area contributed by atoms with E-state index in [9.17, 15) is 4.79 Å². The smallest absolute Gasteiger partial charge is 0.239 e.